The van der Waals surface area contributed by atoms with Gasteiger partial charge in [-0.1, -0.05) is 94.0 Å². The Morgan fingerprint density at radius 2 is 0.522 bits per heavy atom. The van der Waals surface area contributed by atoms with Gasteiger partial charge >= 0.3 is 0 Å². The van der Waals surface area contributed by atoms with Gasteiger partial charge in [0.15, 0.2) is 80.0 Å². The van der Waals surface area contributed by atoms with Crippen molar-refractivity contribution in [3.63, 3.8) is 0 Å². The average molecular weight is 2030 g/mol. The van der Waals surface area contributed by atoms with E-state index < -0.39 is 157 Å². The predicted octanol–water partition coefficient (Wildman–Crippen LogP) is 10.0. The lowest BCUT2D eigenvalue weighted by molar-refractivity contribution is -0.0400. The summed E-state index contributed by atoms with van der Waals surface area (Å²) in [7, 11) is 0. The van der Waals surface area contributed by atoms with Gasteiger partial charge in [-0.3, -0.25) is 22.8 Å². The number of anilines is 6. The van der Waals surface area contributed by atoms with Crippen molar-refractivity contribution >= 4 is 203 Å². The van der Waals surface area contributed by atoms with E-state index >= 15 is 0 Å². The third kappa shape index (κ3) is 26.7. The molecule has 10 aromatic rings. The molecule has 15 rings (SSSR count). The number of fused-ring (bicyclic) bond motifs is 5. The number of aliphatic hydroxyl groups is 10. The van der Waals surface area contributed by atoms with Crippen molar-refractivity contribution < 1.29 is 74.7 Å². The summed E-state index contributed by atoms with van der Waals surface area (Å²) in [6.45, 7) is 23.7. The van der Waals surface area contributed by atoms with E-state index in [0.29, 0.717) is 137 Å². The molecule has 0 spiro atoms. The third-order valence-corrected chi connectivity index (χ3v) is 34.8. The number of aromatic nitrogens is 15. The van der Waals surface area contributed by atoms with Gasteiger partial charge in [-0.25, -0.2) is 49.8 Å². The molecular formula is C89H144N21O15P5S4. The molecular weight excluding hydrogens is 1890 g/mol. The first-order chi connectivity index (χ1) is 63.1. The van der Waals surface area contributed by atoms with Crippen LogP contribution in [0.25, 0.3) is 55.8 Å². The summed E-state index contributed by atoms with van der Waals surface area (Å²) in [5.74, 6) is 3.62. The fraction of sp³-hybridized carbons (Fsp3) is 0.607. The maximum atomic E-state index is 10.8. The lowest BCUT2D eigenvalue weighted by Gasteiger charge is -2.20. The smallest absolute Gasteiger partial charge is 0.204 e. The van der Waals surface area contributed by atoms with Crippen molar-refractivity contribution in [2.75, 3.05) is 155 Å². The molecule has 10 aromatic heterocycles. The highest BCUT2D eigenvalue weighted by atomic mass is 32.2. The fourth-order valence-corrected chi connectivity index (χ4v) is 24.5. The molecule has 0 radical (unpaired) electrons. The molecule has 36 nitrogen and oxygen atoms in total. The van der Waals surface area contributed by atoms with E-state index in [9.17, 15) is 51.1 Å². The molecule has 134 heavy (non-hydrogen) atoms. The van der Waals surface area contributed by atoms with Gasteiger partial charge in [0.2, 0.25) is 5.95 Å². The Hall–Kier alpha value is -5.80. The Balaban J connectivity index is 0.000000161. The number of hydrogen-bond donors (Lipinski definition) is 16. The Morgan fingerprint density at radius 1 is 0.299 bits per heavy atom. The number of hydrogen-bond acceptors (Lipinski definition) is 35. The van der Waals surface area contributed by atoms with Crippen molar-refractivity contribution in [1.82, 2.24) is 72.7 Å². The maximum Gasteiger partial charge on any atom is 0.204 e. The molecule has 744 valence electrons. The number of aliphatic hydroxyl groups excluding tert-OH is 10. The van der Waals surface area contributed by atoms with E-state index in [-0.39, 0.29) is 5.95 Å². The van der Waals surface area contributed by atoms with E-state index in [2.05, 4.69) is 169 Å². The molecule has 15 heterocycles. The molecule has 5 fully saturated rings. The summed E-state index contributed by atoms with van der Waals surface area (Å²) in [5.41, 5.74) is 44.3. The SMILES string of the molecule is C=P(C)(C)CC[C@H]1O[C@@H](n2c(N)nc3c(N)ccnc32)[C@H](O)[C@@H]1O.C=P(C)(C)CC[C@H]1O[C@@H](n2c(SCC)nc3c(N)ccnc32)[C@H](O)[C@@H]1O.C=P(C)(C)CC[C@H]1O[C@@H](n2c(SCCC)nc3c(N)ccnc32)[C@H](O)[C@@H]1O.C=P(C)(C)CC[C@H]1O[C@@H](n2c(SCCCC)nc3c(N)ccnc32)[C@H](O)[C@@H]1O.C=P(C)(C)CC[C@H]1O[C@@H](n2c(SCCCCC)nc3c(N)ccnc32)[C@H](O)[C@@H]1O. The van der Waals surface area contributed by atoms with Crippen molar-refractivity contribution in [2.45, 2.75) is 242 Å². The van der Waals surface area contributed by atoms with Gasteiger partial charge in [-0.05, 0) is 185 Å². The van der Waals surface area contributed by atoms with Crippen LogP contribution in [0.5, 0.6) is 0 Å². The van der Waals surface area contributed by atoms with Gasteiger partial charge < -0.3 is 109 Å². The lowest BCUT2D eigenvalue weighted by Crippen LogP contribution is -2.32. The number of ether oxygens (including phenoxy) is 5. The quantitative estimate of drug-likeness (QED) is 0.0101. The second-order valence-corrected chi connectivity index (χ2v) is 64.3. The van der Waals surface area contributed by atoms with Gasteiger partial charge in [-0.2, -0.15) is 0 Å². The zero-order valence-corrected chi connectivity index (χ0v) is 87.3. The topological polar surface area (TPSA) is 558 Å². The highest BCUT2D eigenvalue weighted by Crippen LogP contribution is 2.49. The van der Waals surface area contributed by atoms with Crippen LogP contribution >= 0.6 is 81.5 Å². The van der Waals surface area contributed by atoms with Crippen molar-refractivity contribution in [3.8, 4) is 0 Å². The summed E-state index contributed by atoms with van der Waals surface area (Å²) in [6, 6.07) is 8.46. The average Bonchev–Trinajstić information content (AvgIpc) is 1.61. The first-order valence-electron chi connectivity index (χ1n) is 45.4. The van der Waals surface area contributed by atoms with E-state index in [1.165, 1.54) is 16.3 Å². The molecule has 0 bridgehead atoms. The number of nitrogens with two attached hydrogens (primary N) is 6. The molecule has 45 heteroatoms. The van der Waals surface area contributed by atoms with Gasteiger partial charge in [0.25, 0.3) is 0 Å². The van der Waals surface area contributed by atoms with Crippen LogP contribution in [-0.4, -0.2) is 367 Å². The van der Waals surface area contributed by atoms with Gasteiger partial charge in [0.05, 0.1) is 59.0 Å². The van der Waals surface area contributed by atoms with Crippen molar-refractivity contribution in [1.29, 1.82) is 0 Å². The Labute approximate surface area is 803 Å². The van der Waals surface area contributed by atoms with E-state index in [4.69, 9.17) is 58.1 Å². The van der Waals surface area contributed by atoms with Crippen LogP contribution in [0.3, 0.4) is 0 Å². The first-order valence-corrected chi connectivity index (χ1v) is 64.6. The first kappa shape index (κ1) is 109. The van der Waals surface area contributed by atoms with Crippen molar-refractivity contribution in [3.05, 3.63) is 61.3 Å². The monoisotopic (exact) mass is 2030 g/mol. The van der Waals surface area contributed by atoms with Crippen LogP contribution in [0, 0.1) is 0 Å². The van der Waals surface area contributed by atoms with Gasteiger partial charge in [0, 0.05) is 48.2 Å². The number of nitrogens with zero attached hydrogens (tertiary/aromatic N) is 15. The number of nitrogen functional groups attached to an aromatic ring is 6. The number of pyridine rings is 5. The summed E-state index contributed by atoms with van der Waals surface area (Å²) in [6.07, 6.45) is 27.1. The second-order valence-electron chi connectivity index (χ2n) is 38.3. The van der Waals surface area contributed by atoms with Gasteiger partial charge in [0.1, 0.15) is 88.6 Å². The van der Waals surface area contributed by atoms with Crippen molar-refractivity contribution in [2.24, 2.45) is 0 Å². The normalized spacial score (nSPS) is 26.2. The molecule has 0 aliphatic carbocycles. The fourth-order valence-electron chi connectivity index (χ4n) is 16.0. The molecule has 5 aliphatic heterocycles. The highest BCUT2D eigenvalue weighted by molar-refractivity contribution is 7.99. The predicted molar refractivity (Wildman–Crippen MR) is 564 cm³/mol. The molecule has 5 saturated heterocycles. The molecule has 0 unspecified atom stereocenters. The largest absolute Gasteiger partial charge is 0.397 e. The summed E-state index contributed by atoms with van der Waals surface area (Å²) >= 11 is 6.30. The van der Waals surface area contributed by atoms with E-state index in [1.807, 2.05) is 6.92 Å². The molecule has 0 amide bonds. The van der Waals surface area contributed by atoms with Crippen LogP contribution in [0.15, 0.2) is 81.9 Å². The third-order valence-electron chi connectivity index (χ3n) is 23.4. The minimum atomic E-state index is -1.25. The van der Waals surface area contributed by atoms with Gasteiger partial charge in [-0.15, -0.1) is 65.9 Å². The molecule has 0 aromatic carbocycles. The number of rotatable bonds is 34. The number of thioether (sulfide) groups is 4. The minimum Gasteiger partial charge on any atom is -0.397 e. The van der Waals surface area contributed by atoms with E-state index in [1.54, 1.807) is 115 Å². The number of unbranched alkanes of at least 4 members (excludes halogenated alkanes) is 3. The standard InChI is InChI=1S/C20H33N4O3PS.C19H31N4O3PS.C18H29N4O3PS.C17H27N4O3PS.C15H24N5O3P/c1-5-6-7-12-29-20-23-15-13(21)8-10-22-18(15)24(20)19-17(26)16(25)14(27-19)9-11-28(2,3)4;1-5-6-11-28-19-22-14-12(20)7-9-21-17(14)23(19)18-16(25)15(24)13(26-18)8-10-27(2,3)4;1-5-10-27-18-21-13-11(19)6-8-20-16(13)22(18)17-15(24)14(23)12(25-17)7-9-26(2,3)4;1-5-26-17-20-12-10(18)6-8-19-15(12)21(17)16-14(23)13(22)11(24-16)7-9-25(2,3)4;1-24(2,3)7-5-9-11(21)12(22)14(23-9)20-13-10(19-15(20)17)8(16)4-6-18-13/h8,10,14,16-17,19,25-26H,2,5-7,9,11-12H2,1,3-4H3,(H2,21,22);7,9,13,15-16,18,24-25H,2,5-6,8,10-11H2,1,3-4H3,(H2,20,21);6,8,12,14-15,17,23-24H,2,5,7,9-10H2,1,3-4H3,(H2,19,20);6,8,11,13-14,16,22-23H,2,5,7,9H2,1,3-4H3,(H2,18,19);4,6,9,11-12,14,21-22H,1,5,7H2,2-3H3,(H2,16,18)(H2,17,19)/t14-,16-,17-,19-;13-,15-,16-,18-;12-,14-,15-,17-;11-,13-,14-,16-;9-,11-,12-,14-/m11111/s1. The summed E-state index contributed by atoms with van der Waals surface area (Å²) in [5, 5.41) is 109. The summed E-state index contributed by atoms with van der Waals surface area (Å²) < 4.78 is 39.0. The van der Waals surface area contributed by atoms with Crippen LogP contribution in [0.4, 0.5) is 34.4 Å². The van der Waals surface area contributed by atoms with Crippen LogP contribution in [0.2, 0.25) is 0 Å². The second kappa shape index (κ2) is 46.7. The highest BCUT2D eigenvalue weighted by Gasteiger charge is 2.51. The Kier molecular flexibility index (Phi) is 37.9. The lowest BCUT2D eigenvalue weighted by atomic mass is 10.1. The Bertz CT molecular complexity index is 5870. The zero-order chi connectivity index (χ0) is 98.1. The number of imidazole rings is 5. The van der Waals surface area contributed by atoms with Crippen LogP contribution < -0.4 is 34.4 Å². The zero-order valence-electron chi connectivity index (χ0n) is 79.6. The van der Waals surface area contributed by atoms with Crippen LogP contribution in [0.1, 0.15) is 129 Å². The molecule has 22 N–H and O–H groups in total. The molecule has 0 saturated carbocycles. The molecule has 20 atom stereocenters. The maximum absolute atomic E-state index is 10.8. The van der Waals surface area contributed by atoms with Crippen LogP contribution in [-0.2, 0) is 23.7 Å². The Morgan fingerprint density at radius 3 is 0.761 bits per heavy atom. The minimum absolute atomic E-state index is 0.136. The summed E-state index contributed by atoms with van der Waals surface area (Å²) in [4.78, 5) is 44.7. The molecule has 5 aliphatic rings. The van der Waals surface area contributed by atoms with E-state index in [0.717, 1.165) is 92.3 Å².